The zero-order chi connectivity index (χ0) is 23.2. The average Bonchev–Trinajstić information content (AvgIpc) is 2.64. The average molecular weight is 622 g/mol. The van der Waals surface area contributed by atoms with Crippen LogP contribution in [0.4, 0.5) is 4.79 Å². The number of rotatable bonds is 7. The molecule has 2 aromatic rings. The van der Waals surface area contributed by atoms with Crippen LogP contribution in [0.1, 0.15) is 31.9 Å². The standard InChI is InChI=1S/C22H24Br3NO5/c1-22(2,3)31-21(28)26-18(20(27)29-4)11-14-9-16(24)19(17(25)10-14)30-12-13-6-5-7-15(23)8-13/h5-10,18H,11-12H2,1-4H3,(H,26,28). The highest BCUT2D eigenvalue weighted by Crippen LogP contribution is 2.36. The Balaban J connectivity index is 2.13. The molecule has 31 heavy (non-hydrogen) atoms. The van der Waals surface area contributed by atoms with E-state index in [0.29, 0.717) is 21.3 Å². The van der Waals surface area contributed by atoms with Gasteiger partial charge in [0, 0.05) is 10.9 Å². The summed E-state index contributed by atoms with van der Waals surface area (Å²) in [5, 5.41) is 2.58. The zero-order valence-corrected chi connectivity index (χ0v) is 22.4. The molecule has 168 valence electrons. The lowest BCUT2D eigenvalue weighted by atomic mass is 10.1. The zero-order valence-electron chi connectivity index (χ0n) is 17.6. The maximum absolute atomic E-state index is 12.2. The van der Waals surface area contributed by atoms with Crippen molar-refractivity contribution in [1.29, 1.82) is 0 Å². The molecule has 0 bridgehead atoms. The number of carbonyl (C=O) groups is 2. The van der Waals surface area contributed by atoms with Gasteiger partial charge in [0.05, 0.1) is 16.1 Å². The van der Waals surface area contributed by atoms with E-state index < -0.39 is 23.7 Å². The number of alkyl carbamates (subject to hydrolysis) is 1. The van der Waals surface area contributed by atoms with Gasteiger partial charge in [-0.2, -0.15) is 0 Å². The number of nitrogens with one attached hydrogen (secondary N) is 1. The highest BCUT2D eigenvalue weighted by Gasteiger charge is 2.26. The molecular formula is C22H24Br3NO5. The van der Waals surface area contributed by atoms with Crippen LogP contribution in [-0.4, -0.2) is 30.8 Å². The first kappa shape index (κ1) is 25.7. The van der Waals surface area contributed by atoms with E-state index in [9.17, 15) is 9.59 Å². The molecule has 0 saturated carbocycles. The summed E-state index contributed by atoms with van der Waals surface area (Å²) in [6, 6.07) is 10.6. The number of carbonyl (C=O) groups excluding carboxylic acids is 2. The number of benzene rings is 2. The molecule has 0 aromatic heterocycles. The smallest absolute Gasteiger partial charge is 0.408 e. The van der Waals surface area contributed by atoms with Crippen LogP contribution >= 0.6 is 47.8 Å². The first-order valence-electron chi connectivity index (χ1n) is 9.41. The molecule has 0 spiro atoms. The minimum atomic E-state index is -0.896. The molecule has 1 unspecified atom stereocenters. The first-order valence-corrected chi connectivity index (χ1v) is 11.8. The highest BCUT2D eigenvalue weighted by molar-refractivity contribution is 9.11. The van der Waals surface area contributed by atoms with Crippen molar-refractivity contribution in [2.24, 2.45) is 0 Å². The largest absolute Gasteiger partial charge is 0.487 e. The molecule has 0 radical (unpaired) electrons. The Labute approximate surface area is 207 Å². The number of ether oxygens (including phenoxy) is 3. The fourth-order valence-corrected chi connectivity index (χ4v) is 4.63. The van der Waals surface area contributed by atoms with Gasteiger partial charge in [-0.25, -0.2) is 9.59 Å². The number of esters is 1. The lowest BCUT2D eigenvalue weighted by molar-refractivity contribution is -0.143. The maximum Gasteiger partial charge on any atom is 0.408 e. The lowest BCUT2D eigenvalue weighted by Gasteiger charge is -2.23. The molecule has 2 rings (SSSR count). The van der Waals surface area contributed by atoms with Crippen molar-refractivity contribution in [3.63, 3.8) is 0 Å². The number of amides is 1. The van der Waals surface area contributed by atoms with Crippen LogP contribution in [0.15, 0.2) is 49.8 Å². The van der Waals surface area contributed by atoms with E-state index in [1.54, 1.807) is 20.8 Å². The normalized spacial score (nSPS) is 12.1. The van der Waals surface area contributed by atoms with Gasteiger partial charge in [0.15, 0.2) is 0 Å². The molecule has 0 aliphatic carbocycles. The fourth-order valence-electron chi connectivity index (χ4n) is 2.67. The summed E-state index contributed by atoms with van der Waals surface area (Å²) in [5.41, 5.74) is 1.13. The third-order valence-electron chi connectivity index (χ3n) is 3.95. The second-order valence-corrected chi connectivity index (χ2v) is 10.4. The summed E-state index contributed by atoms with van der Waals surface area (Å²) < 4.78 is 18.5. The Hall–Kier alpha value is -1.58. The summed E-state index contributed by atoms with van der Waals surface area (Å²) in [5.74, 6) is 0.0755. The van der Waals surface area contributed by atoms with E-state index in [4.69, 9.17) is 14.2 Å². The molecule has 2 aromatic carbocycles. The number of hydrogen-bond acceptors (Lipinski definition) is 5. The number of methoxy groups -OCH3 is 1. The van der Waals surface area contributed by atoms with Crippen molar-refractivity contribution in [1.82, 2.24) is 5.32 Å². The van der Waals surface area contributed by atoms with Crippen molar-refractivity contribution in [3.8, 4) is 5.75 Å². The number of hydrogen-bond donors (Lipinski definition) is 1. The van der Waals surface area contributed by atoms with Crippen molar-refractivity contribution in [2.45, 2.75) is 45.4 Å². The molecule has 0 aliphatic rings. The van der Waals surface area contributed by atoms with Crippen molar-refractivity contribution in [3.05, 3.63) is 60.9 Å². The topological polar surface area (TPSA) is 73.9 Å². The third-order valence-corrected chi connectivity index (χ3v) is 5.62. The molecule has 0 aliphatic heterocycles. The molecular weight excluding hydrogens is 598 g/mol. The molecule has 1 amide bonds. The van der Waals surface area contributed by atoms with Gasteiger partial charge in [0.25, 0.3) is 0 Å². The fraction of sp³-hybridized carbons (Fsp3) is 0.364. The van der Waals surface area contributed by atoms with Crippen LogP contribution in [-0.2, 0) is 27.3 Å². The van der Waals surface area contributed by atoms with Crippen LogP contribution in [0.2, 0.25) is 0 Å². The van der Waals surface area contributed by atoms with Crippen molar-refractivity contribution in [2.75, 3.05) is 7.11 Å². The molecule has 0 saturated heterocycles. The summed E-state index contributed by atoms with van der Waals surface area (Å²) in [6.07, 6.45) is -0.468. The van der Waals surface area contributed by atoms with Gasteiger partial charge in [0.1, 0.15) is 24.0 Å². The van der Waals surface area contributed by atoms with Gasteiger partial charge >= 0.3 is 12.1 Å². The quantitative estimate of drug-likeness (QED) is 0.375. The van der Waals surface area contributed by atoms with Crippen LogP contribution in [0.25, 0.3) is 0 Å². The van der Waals surface area contributed by atoms with Crippen LogP contribution in [0, 0.1) is 0 Å². The van der Waals surface area contributed by atoms with E-state index >= 15 is 0 Å². The first-order chi connectivity index (χ1) is 14.5. The van der Waals surface area contributed by atoms with Crippen molar-refractivity contribution >= 4 is 59.9 Å². The second kappa shape index (κ2) is 11.3. The Morgan fingerprint density at radius 2 is 1.68 bits per heavy atom. The van der Waals surface area contributed by atoms with E-state index in [1.807, 2.05) is 36.4 Å². The molecule has 0 heterocycles. The van der Waals surface area contributed by atoms with Gasteiger partial charge in [-0.15, -0.1) is 0 Å². The Bertz CT molecular complexity index is 920. The predicted octanol–water partition coefficient (Wildman–Crippen LogP) is 6.16. The third kappa shape index (κ3) is 8.46. The van der Waals surface area contributed by atoms with Gasteiger partial charge in [-0.1, -0.05) is 28.1 Å². The molecule has 1 N–H and O–H groups in total. The summed E-state index contributed by atoms with van der Waals surface area (Å²) in [4.78, 5) is 24.3. The van der Waals surface area contributed by atoms with Crippen LogP contribution in [0.3, 0.4) is 0 Å². The number of halogens is 3. The Morgan fingerprint density at radius 1 is 1.03 bits per heavy atom. The molecule has 9 heteroatoms. The van der Waals surface area contributed by atoms with Gasteiger partial charge in [-0.3, -0.25) is 0 Å². The van der Waals surface area contributed by atoms with Gasteiger partial charge < -0.3 is 19.5 Å². The maximum atomic E-state index is 12.2. The SMILES string of the molecule is COC(=O)C(Cc1cc(Br)c(OCc2cccc(Br)c2)c(Br)c1)NC(=O)OC(C)(C)C. The second-order valence-electron chi connectivity index (χ2n) is 7.73. The Kier molecular flexibility index (Phi) is 9.39. The Morgan fingerprint density at radius 3 is 2.23 bits per heavy atom. The molecule has 1 atom stereocenters. The van der Waals surface area contributed by atoms with Crippen molar-refractivity contribution < 1.29 is 23.8 Å². The van der Waals surface area contributed by atoms with Gasteiger partial charge in [-0.05, 0) is 88.0 Å². The lowest BCUT2D eigenvalue weighted by Crippen LogP contribution is -2.45. The monoisotopic (exact) mass is 619 g/mol. The molecule has 0 fully saturated rings. The van der Waals surface area contributed by atoms with E-state index in [-0.39, 0.29) is 6.42 Å². The summed E-state index contributed by atoms with van der Waals surface area (Å²) in [7, 11) is 1.27. The predicted molar refractivity (Wildman–Crippen MR) is 129 cm³/mol. The summed E-state index contributed by atoms with van der Waals surface area (Å²) in [6.45, 7) is 5.64. The van der Waals surface area contributed by atoms with E-state index in [1.165, 1.54) is 7.11 Å². The summed E-state index contributed by atoms with van der Waals surface area (Å²) >= 11 is 10.5. The highest BCUT2D eigenvalue weighted by atomic mass is 79.9. The van der Waals surface area contributed by atoms with E-state index in [2.05, 4.69) is 53.1 Å². The van der Waals surface area contributed by atoms with Gasteiger partial charge in [0.2, 0.25) is 0 Å². The van der Waals surface area contributed by atoms with Crippen LogP contribution in [0.5, 0.6) is 5.75 Å². The molecule has 6 nitrogen and oxygen atoms in total. The van der Waals surface area contributed by atoms with Crippen LogP contribution < -0.4 is 10.1 Å². The minimum absolute atomic E-state index is 0.217. The minimum Gasteiger partial charge on any atom is -0.487 e. The van der Waals surface area contributed by atoms with E-state index in [0.717, 1.165) is 15.6 Å².